The lowest BCUT2D eigenvalue weighted by Crippen LogP contribution is -2.14. The molecule has 0 aliphatic rings. The summed E-state index contributed by atoms with van der Waals surface area (Å²) < 4.78 is 27.0. The Morgan fingerprint density at radius 1 is 1.18 bits per heavy atom. The third-order valence-corrected chi connectivity index (χ3v) is 4.84. The highest BCUT2D eigenvalue weighted by molar-refractivity contribution is 7.92. The van der Waals surface area contributed by atoms with E-state index in [2.05, 4.69) is 21.9 Å². The van der Waals surface area contributed by atoms with E-state index in [0.29, 0.717) is 0 Å². The number of aromatic nitrogens is 1. The maximum atomic E-state index is 12.3. The highest BCUT2D eigenvalue weighted by Gasteiger charge is 2.17. The lowest BCUT2D eigenvalue weighted by Gasteiger charge is -2.10. The van der Waals surface area contributed by atoms with Gasteiger partial charge >= 0.3 is 0 Å². The molecule has 2 aromatic rings. The first-order valence-corrected chi connectivity index (χ1v) is 8.86. The lowest BCUT2D eigenvalue weighted by atomic mass is 10.3. The Hall–Kier alpha value is -1.79. The number of nitrogens with zero attached hydrogens (tertiary/aromatic N) is 1. The molecule has 0 spiro atoms. The summed E-state index contributed by atoms with van der Waals surface area (Å²) in [5.74, 6) is 0.251. The molecule has 22 heavy (non-hydrogen) atoms. The molecule has 1 aromatic heterocycles. The van der Waals surface area contributed by atoms with E-state index in [0.717, 1.165) is 25.1 Å². The lowest BCUT2D eigenvalue weighted by molar-refractivity contribution is 0.601. The van der Waals surface area contributed by atoms with E-state index in [1.54, 1.807) is 30.5 Å². The Morgan fingerprint density at radius 2 is 1.95 bits per heavy atom. The molecular weight excluding hydrogens is 322 g/mol. The second kappa shape index (κ2) is 7.47. The summed E-state index contributed by atoms with van der Waals surface area (Å²) in [5, 5.41) is 3.39. The normalized spacial score (nSPS) is 11.2. The molecule has 0 aliphatic carbocycles. The number of anilines is 2. The molecule has 5 nitrogen and oxygen atoms in total. The molecule has 2 rings (SSSR count). The molecule has 0 aliphatic heterocycles. The van der Waals surface area contributed by atoms with E-state index in [9.17, 15) is 8.42 Å². The van der Waals surface area contributed by atoms with E-state index < -0.39 is 10.0 Å². The number of unbranched alkanes of at least 4 members (excludes halogenated alkanes) is 1. The quantitative estimate of drug-likeness (QED) is 0.754. The second-order valence-electron chi connectivity index (χ2n) is 4.75. The van der Waals surface area contributed by atoms with Crippen LogP contribution in [0.2, 0.25) is 5.02 Å². The minimum Gasteiger partial charge on any atom is -0.384 e. The van der Waals surface area contributed by atoms with Crippen LogP contribution in [0.5, 0.6) is 0 Å². The predicted molar refractivity (Wildman–Crippen MR) is 89.9 cm³/mol. The van der Waals surface area contributed by atoms with E-state index in [1.165, 1.54) is 12.1 Å². The number of pyridine rings is 1. The van der Waals surface area contributed by atoms with Crippen molar-refractivity contribution in [2.75, 3.05) is 16.6 Å². The van der Waals surface area contributed by atoms with Gasteiger partial charge in [-0.05, 0) is 30.7 Å². The monoisotopic (exact) mass is 339 g/mol. The summed E-state index contributed by atoms with van der Waals surface area (Å²) in [6, 6.07) is 9.68. The van der Waals surface area contributed by atoms with Gasteiger partial charge in [-0.25, -0.2) is 13.4 Å². The van der Waals surface area contributed by atoms with E-state index in [1.807, 2.05) is 0 Å². The van der Waals surface area contributed by atoms with Gasteiger partial charge in [0.1, 0.15) is 10.7 Å². The number of nitrogens with one attached hydrogen (secondary N) is 2. The van der Waals surface area contributed by atoms with Gasteiger partial charge in [-0.2, -0.15) is 0 Å². The maximum absolute atomic E-state index is 12.3. The topological polar surface area (TPSA) is 71.1 Å². The Kier molecular flexibility index (Phi) is 5.63. The zero-order valence-corrected chi connectivity index (χ0v) is 13.8. The van der Waals surface area contributed by atoms with E-state index in [-0.39, 0.29) is 15.7 Å². The van der Waals surface area contributed by atoms with Gasteiger partial charge in [0.15, 0.2) is 0 Å². The Labute approximate surface area is 135 Å². The largest absolute Gasteiger partial charge is 0.384 e. The fraction of sp³-hybridized carbons (Fsp3) is 0.267. The van der Waals surface area contributed by atoms with Crippen LogP contribution in [0, 0.1) is 0 Å². The Morgan fingerprint density at radius 3 is 2.59 bits per heavy atom. The van der Waals surface area contributed by atoms with Crippen LogP contribution in [0.15, 0.2) is 47.5 Å². The van der Waals surface area contributed by atoms with Crippen molar-refractivity contribution in [1.82, 2.24) is 4.98 Å². The third kappa shape index (κ3) is 4.35. The molecule has 7 heteroatoms. The van der Waals surface area contributed by atoms with Gasteiger partial charge in [0.25, 0.3) is 10.0 Å². The number of hydrogen-bond acceptors (Lipinski definition) is 4. The van der Waals surface area contributed by atoms with Crippen LogP contribution in [-0.2, 0) is 10.0 Å². The van der Waals surface area contributed by atoms with Gasteiger partial charge < -0.3 is 5.32 Å². The first-order valence-electron chi connectivity index (χ1n) is 7.00. The fourth-order valence-corrected chi connectivity index (χ4v) is 3.35. The van der Waals surface area contributed by atoms with Crippen LogP contribution in [0.1, 0.15) is 19.8 Å². The van der Waals surface area contributed by atoms with Crippen LogP contribution in [0.3, 0.4) is 0 Å². The van der Waals surface area contributed by atoms with Crippen LogP contribution < -0.4 is 10.0 Å². The highest BCUT2D eigenvalue weighted by atomic mass is 35.5. The first kappa shape index (κ1) is 16.6. The molecular formula is C15H18ClN3O2S. The average molecular weight is 340 g/mol. The van der Waals surface area contributed by atoms with E-state index >= 15 is 0 Å². The molecule has 0 saturated heterocycles. The van der Waals surface area contributed by atoms with Crippen molar-refractivity contribution < 1.29 is 8.42 Å². The van der Waals surface area contributed by atoms with Crippen LogP contribution >= 0.6 is 11.6 Å². The molecule has 0 fully saturated rings. The Balaban J connectivity index is 2.09. The number of sulfonamides is 1. The molecule has 2 N–H and O–H groups in total. The summed E-state index contributed by atoms with van der Waals surface area (Å²) in [7, 11) is -3.74. The molecule has 0 bridgehead atoms. The molecule has 1 aromatic carbocycles. The Bertz CT molecular complexity index is 718. The van der Waals surface area contributed by atoms with E-state index in [4.69, 9.17) is 11.6 Å². The van der Waals surface area contributed by atoms with Crippen LogP contribution in [0.4, 0.5) is 11.5 Å². The van der Waals surface area contributed by atoms with Crippen molar-refractivity contribution in [2.45, 2.75) is 24.7 Å². The molecule has 0 atom stereocenters. The number of benzene rings is 1. The van der Waals surface area contributed by atoms with Crippen molar-refractivity contribution >= 4 is 33.1 Å². The molecule has 1 heterocycles. The average Bonchev–Trinajstić information content (AvgIpc) is 2.49. The smallest absolute Gasteiger partial charge is 0.264 e. The van der Waals surface area contributed by atoms with Gasteiger partial charge in [0, 0.05) is 6.54 Å². The number of hydrogen-bond donors (Lipinski definition) is 2. The maximum Gasteiger partial charge on any atom is 0.264 e. The van der Waals surface area contributed by atoms with Gasteiger partial charge in [-0.3, -0.25) is 4.72 Å². The standard InChI is InChI=1S/C15H18ClN3O2S/c1-2-3-10-17-12-8-9-15(18-11-12)19-22(20,21)14-7-5-4-6-13(14)16/h4-9,11,17H,2-3,10H2,1H3,(H,18,19). The minimum absolute atomic E-state index is 0.0311. The van der Waals surface area contributed by atoms with Crippen LogP contribution in [0.25, 0.3) is 0 Å². The molecule has 118 valence electrons. The molecule has 0 radical (unpaired) electrons. The van der Waals surface area contributed by atoms with Crippen molar-refractivity contribution in [1.29, 1.82) is 0 Å². The van der Waals surface area contributed by atoms with Crippen molar-refractivity contribution in [3.05, 3.63) is 47.6 Å². The third-order valence-electron chi connectivity index (χ3n) is 2.99. The van der Waals surface area contributed by atoms with Crippen LogP contribution in [-0.4, -0.2) is 19.9 Å². The van der Waals surface area contributed by atoms with Gasteiger partial charge in [-0.15, -0.1) is 0 Å². The number of rotatable bonds is 7. The zero-order valence-electron chi connectivity index (χ0n) is 12.2. The predicted octanol–water partition coefficient (Wildman–Crippen LogP) is 3.75. The first-order chi connectivity index (χ1) is 10.5. The zero-order chi connectivity index (χ0) is 16.0. The van der Waals surface area contributed by atoms with Gasteiger partial charge in [0.05, 0.1) is 16.9 Å². The summed E-state index contributed by atoms with van der Waals surface area (Å²) in [6.45, 7) is 2.98. The summed E-state index contributed by atoms with van der Waals surface area (Å²) in [4.78, 5) is 4.13. The van der Waals surface area contributed by atoms with Gasteiger partial charge in [0.2, 0.25) is 0 Å². The second-order valence-corrected chi connectivity index (χ2v) is 6.81. The van der Waals surface area contributed by atoms with Crippen molar-refractivity contribution in [3.63, 3.8) is 0 Å². The molecule has 0 saturated carbocycles. The molecule has 0 amide bonds. The molecule has 0 unspecified atom stereocenters. The fourth-order valence-electron chi connectivity index (χ4n) is 1.82. The SMILES string of the molecule is CCCCNc1ccc(NS(=O)(=O)c2ccccc2Cl)nc1. The summed E-state index contributed by atoms with van der Waals surface area (Å²) >= 11 is 5.92. The van der Waals surface area contributed by atoms with Crippen molar-refractivity contribution in [3.8, 4) is 0 Å². The van der Waals surface area contributed by atoms with Crippen molar-refractivity contribution in [2.24, 2.45) is 0 Å². The highest BCUT2D eigenvalue weighted by Crippen LogP contribution is 2.22. The van der Waals surface area contributed by atoms with Gasteiger partial charge in [-0.1, -0.05) is 37.1 Å². The summed E-state index contributed by atoms with van der Waals surface area (Å²) in [6.07, 6.45) is 3.77. The summed E-state index contributed by atoms with van der Waals surface area (Å²) in [5.41, 5.74) is 0.856. The number of halogens is 1. The minimum atomic E-state index is -3.74.